The largest absolute Gasteiger partial charge is 0.272 e. The Morgan fingerprint density at radius 2 is 2.00 bits per heavy atom. The van der Waals surface area contributed by atoms with Crippen LogP contribution in [0.15, 0.2) is 18.3 Å². The van der Waals surface area contributed by atoms with Crippen LogP contribution >= 0.6 is 0 Å². The molecule has 0 amide bonds. The molecule has 0 radical (unpaired) electrons. The number of halogens is 3. The van der Waals surface area contributed by atoms with Crippen molar-refractivity contribution in [2.75, 3.05) is 0 Å². The molecule has 4 heteroatoms. The Balaban J connectivity index is 2.99. The Morgan fingerprint density at radius 1 is 1.36 bits per heavy atom. The monoisotopic (exact) mass is 161 g/mol. The van der Waals surface area contributed by atoms with E-state index in [1.54, 1.807) is 0 Å². The Kier molecular flexibility index (Phi) is 1.85. The second-order valence-electron chi connectivity index (χ2n) is 2.26. The lowest BCUT2D eigenvalue weighted by molar-refractivity contribution is 0.0170. The first kappa shape index (κ1) is 8.04. The van der Waals surface area contributed by atoms with Crippen molar-refractivity contribution in [1.82, 2.24) is 4.98 Å². The number of rotatable bonds is 1. The summed E-state index contributed by atoms with van der Waals surface area (Å²) in [6.07, 6.45) is 0.829. The summed E-state index contributed by atoms with van der Waals surface area (Å²) in [4.78, 5) is 3.10. The van der Waals surface area contributed by atoms with Gasteiger partial charge in [0.25, 0.3) is 5.92 Å². The third kappa shape index (κ3) is 1.93. The standard InChI is InChI=1S/C7H6F3N/c1-7(9,10)5-2-3-6(8)11-4-5/h2-4H,1H3. The van der Waals surface area contributed by atoms with E-state index in [0.717, 1.165) is 25.3 Å². The van der Waals surface area contributed by atoms with Gasteiger partial charge in [-0.2, -0.15) is 4.39 Å². The molecule has 0 unspecified atom stereocenters. The molecule has 0 atom stereocenters. The number of hydrogen-bond donors (Lipinski definition) is 0. The fraction of sp³-hybridized carbons (Fsp3) is 0.286. The van der Waals surface area contributed by atoms with Crippen molar-refractivity contribution >= 4 is 0 Å². The van der Waals surface area contributed by atoms with Crippen molar-refractivity contribution in [2.24, 2.45) is 0 Å². The van der Waals surface area contributed by atoms with Gasteiger partial charge in [-0.15, -0.1) is 0 Å². The van der Waals surface area contributed by atoms with E-state index in [4.69, 9.17) is 0 Å². The van der Waals surface area contributed by atoms with Crippen LogP contribution in [0.5, 0.6) is 0 Å². The highest BCUT2D eigenvalue weighted by molar-refractivity contribution is 5.14. The summed E-state index contributed by atoms with van der Waals surface area (Å²) in [7, 11) is 0. The Morgan fingerprint density at radius 3 is 2.36 bits per heavy atom. The molecule has 0 aliphatic heterocycles. The zero-order chi connectivity index (χ0) is 8.48. The van der Waals surface area contributed by atoms with Gasteiger partial charge in [0, 0.05) is 18.7 Å². The molecule has 1 heterocycles. The molecule has 0 aliphatic carbocycles. The van der Waals surface area contributed by atoms with Crippen LogP contribution in [-0.2, 0) is 5.92 Å². The first-order valence-electron chi connectivity index (χ1n) is 3.00. The minimum Gasteiger partial charge on any atom is -0.228 e. The first-order valence-corrected chi connectivity index (χ1v) is 3.00. The summed E-state index contributed by atoms with van der Waals surface area (Å²) in [6, 6.07) is 1.93. The van der Waals surface area contributed by atoms with E-state index >= 15 is 0 Å². The van der Waals surface area contributed by atoms with Gasteiger partial charge < -0.3 is 0 Å². The summed E-state index contributed by atoms with van der Waals surface area (Å²) in [6.45, 7) is 0.738. The molecule has 0 fully saturated rings. The Bertz CT molecular complexity index is 237. The normalized spacial score (nSPS) is 11.6. The quantitative estimate of drug-likeness (QED) is 0.576. The van der Waals surface area contributed by atoms with Gasteiger partial charge in [0.1, 0.15) is 0 Å². The summed E-state index contributed by atoms with van der Waals surface area (Å²) < 4.78 is 37.0. The van der Waals surface area contributed by atoms with Crippen molar-refractivity contribution in [3.8, 4) is 0 Å². The van der Waals surface area contributed by atoms with E-state index in [-0.39, 0.29) is 5.56 Å². The van der Waals surface area contributed by atoms with Gasteiger partial charge in [0.15, 0.2) is 0 Å². The van der Waals surface area contributed by atoms with Crippen LogP contribution in [0.2, 0.25) is 0 Å². The van der Waals surface area contributed by atoms with Gasteiger partial charge in [-0.1, -0.05) is 0 Å². The first-order chi connectivity index (χ1) is 5.00. The van der Waals surface area contributed by atoms with E-state index in [1.165, 1.54) is 0 Å². The average molecular weight is 161 g/mol. The van der Waals surface area contributed by atoms with Gasteiger partial charge >= 0.3 is 0 Å². The van der Waals surface area contributed by atoms with E-state index in [1.807, 2.05) is 0 Å². The summed E-state index contributed by atoms with van der Waals surface area (Å²) >= 11 is 0. The molecule has 0 aliphatic rings. The second kappa shape index (κ2) is 2.53. The number of pyridine rings is 1. The molecule has 0 aromatic carbocycles. The highest BCUT2D eigenvalue weighted by Gasteiger charge is 2.24. The van der Waals surface area contributed by atoms with Gasteiger partial charge in [-0.05, 0) is 12.1 Å². The van der Waals surface area contributed by atoms with Crippen LogP contribution in [0.3, 0.4) is 0 Å². The number of nitrogens with zero attached hydrogens (tertiary/aromatic N) is 1. The van der Waals surface area contributed by atoms with E-state index in [0.29, 0.717) is 0 Å². The molecular weight excluding hydrogens is 155 g/mol. The van der Waals surface area contributed by atoms with Crippen LogP contribution in [0.25, 0.3) is 0 Å². The van der Waals surface area contributed by atoms with Gasteiger partial charge in [-0.3, -0.25) is 0 Å². The third-order valence-electron chi connectivity index (χ3n) is 1.23. The Hall–Kier alpha value is -1.06. The lowest BCUT2D eigenvalue weighted by atomic mass is 10.2. The highest BCUT2D eigenvalue weighted by atomic mass is 19.3. The molecule has 0 saturated carbocycles. The maximum atomic E-state index is 12.4. The van der Waals surface area contributed by atoms with Crippen LogP contribution in [0, 0.1) is 5.95 Å². The second-order valence-corrected chi connectivity index (χ2v) is 2.26. The number of aromatic nitrogens is 1. The highest BCUT2D eigenvalue weighted by Crippen LogP contribution is 2.25. The lowest BCUT2D eigenvalue weighted by Crippen LogP contribution is -2.07. The molecule has 0 bridgehead atoms. The third-order valence-corrected chi connectivity index (χ3v) is 1.23. The zero-order valence-corrected chi connectivity index (χ0v) is 5.81. The molecule has 0 saturated heterocycles. The number of hydrogen-bond acceptors (Lipinski definition) is 1. The van der Waals surface area contributed by atoms with Crippen molar-refractivity contribution in [3.63, 3.8) is 0 Å². The molecule has 1 rings (SSSR count). The van der Waals surface area contributed by atoms with Gasteiger partial charge in [0.05, 0.1) is 0 Å². The molecular formula is C7H6F3N. The van der Waals surface area contributed by atoms with Crippen LogP contribution in [0.4, 0.5) is 13.2 Å². The molecule has 1 aromatic rings. The maximum Gasteiger partial charge on any atom is 0.272 e. The molecule has 11 heavy (non-hydrogen) atoms. The molecule has 60 valence electrons. The smallest absolute Gasteiger partial charge is 0.228 e. The minimum absolute atomic E-state index is 0.279. The predicted octanol–water partition coefficient (Wildman–Crippen LogP) is 2.33. The SMILES string of the molecule is CC(F)(F)c1ccc(F)nc1. The zero-order valence-electron chi connectivity index (χ0n) is 5.81. The van der Waals surface area contributed by atoms with E-state index in [9.17, 15) is 13.2 Å². The van der Waals surface area contributed by atoms with E-state index in [2.05, 4.69) is 4.98 Å². The van der Waals surface area contributed by atoms with Crippen molar-refractivity contribution in [1.29, 1.82) is 0 Å². The molecule has 0 N–H and O–H groups in total. The Labute approximate surface area is 61.9 Å². The maximum absolute atomic E-state index is 12.4. The summed E-state index contributed by atoms with van der Waals surface area (Å²) in [5, 5.41) is 0. The summed E-state index contributed by atoms with van der Waals surface area (Å²) in [5.74, 6) is -3.70. The van der Waals surface area contributed by atoms with Gasteiger partial charge in [0.2, 0.25) is 5.95 Å². The summed E-state index contributed by atoms with van der Waals surface area (Å²) in [5.41, 5.74) is -0.279. The van der Waals surface area contributed by atoms with Crippen LogP contribution < -0.4 is 0 Å². The fourth-order valence-corrected chi connectivity index (χ4v) is 0.635. The molecule has 1 nitrogen and oxygen atoms in total. The average Bonchev–Trinajstić information content (AvgIpc) is 1.86. The molecule has 0 spiro atoms. The predicted molar refractivity (Wildman–Crippen MR) is 33.8 cm³/mol. The number of alkyl halides is 2. The topological polar surface area (TPSA) is 12.9 Å². The minimum atomic E-state index is -2.94. The van der Waals surface area contributed by atoms with Gasteiger partial charge in [-0.25, -0.2) is 13.8 Å². The van der Waals surface area contributed by atoms with E-state index < -0.39 is 11.9 Å². The van der Waals surface area contributed by atoms with Crippen LogP contribution in [0.1, 0.15) is 12.5 Å². The van der Waals surface area contributed by atoms with Crippen molar-refractivity contribution < 1.29 is 13.2 Å². The lowest BCUT2D eigenvalue weighted by Gasteiger charge is -2.08. The van der Waals surface area contributed by atoms with Crippen molar-refractivity contribution in [2.45, 2.75) is 12.8 Å². The fourth-order valence-electron chi connectivity index (χ4n) is 0.635. The van der Waals surface area contributed by atoms with Crippen molar-refractivity contribution in [3.05, 3.63) is 29.8 Å². The van der Waals surface area contributed by atoms with Crippen LogP contribution in [-0.4, -0.2) is 4.98 Å². The molecule has 1 aromatic heterocycles.